The molecule has 0 radical (unpaired) electrons. The molecule has 1 heterocycles. The molecule has 1 aromatic rings. The number of nitrogens with one attached hydrogen (secondary N) is 1. The smallest absolute Gasteiger partial charge is 0.223 e. The van der Waals surface area contributed by atoms with Crippen LogP contribution in [0.4, 0.5) is 4.39 Å². The molecule has 1 aliphatic rings. The van der Waals surface area contributed by atoms with Crippen LogP contribution in [0.5, 0.6) is 0 Å². The van der Waals surface area contributed by atoms with Gasteiger partial charge in [-0.3, -0.25) is 9.69 Å². The van der Waals surface area contributed by atoms with Crippen molar-refractivity contribution in [2.45, 2.75) is 39.7 Å². The summed E-state index contributed by atoms with van der Waals surface area (Å²) in [6.45, 7) is 14.3. The average Bonchev–Trinajstić information content (AvgIpc) is 2.61. The van der Waals surface area contributed by atoms with Crippen LogP contribution in [-0.2, 0) is 11.2 Å². The molecule has 5 heteroatoms. The van der Waals surface area contributed by atoms with Crippen molar-refractivity contribution in [3.8, 4) is 0 Å². The lowest BCUT2D eigenvalue weighted by Crippen LogP contribution is -2.58. The van der Waals surface area contributed by atoms with Gasteiger partial charge >= 0.3 is 0 Å². The number of carbonyl (C=O) groups excluding carboxylic acids is 1. The lowest BCUT2D eigenvalue weighted by atomic mass is 9.98. The summed E-state index contributed by atoms with van der Waals surface area (Å²) in [4.78, 5) is 17.3. The van der Waals surface area contributed by atoms with Crippen molar-refractivity contribution in [1.82, 2.24) is 15.1 Å². The zero-order chi connectivity index (χ0) is 18.4. The maximum absolute atomic E-state index is 13.7. The number of hydrogen-bond donors (Lipinski definition) is 1. The highest BCUT2D eigenvalue weighted by molar-refractivity contribution is 5.78. The van der Waals surface area contributed by atoms with Crippen molar-refractivity contribution < 1.29 is 9.18 Å². The highest BCUT2D eigenvalue weighted by atomic mass is 19.1. The first-order valence-electron chi connectivity index (χ1n) is 9.32. The molecule has 1 fully saturated rings. The molecular formula is C20H32FN3O. The Balaban J connectivity index is 1.83. The zero-order valence-corrected chi connectivity index (χ0v) is 16.0. The fourth-order valence-electron chi connectivity index (χ4n) is 3.35. The Morgan fingerprint density at radius 2 is 1.88 bits per heavy atom. The van der Waals surface area contributed by atoms with E-state index in [4.69, 9.17) is 0 Å². The van der Waals surface area contributed by atoms with E-state index in [1.807, 2.05) is 13.0 Å². The van der Waals surface area contributed by atoms with Gasteiger partial charge in [-0.2, -0.15) is 0 Å². The van der Waals surface area contributed by atoms with Gasteiger partial charge in [-0.25, -0.2) is 4.39 Å². The van der Waals surface area contributed by atoms with Gasteiger partial charge in [0.15, 0.2) is 0 Å². The van der Waals surface area contributed by atoms with Crippen molar-refractivity contribution in [2.75, 3.05) is 39.3 Å². The summed E-state index contributed by atoms with van der Waals surface area (Å²) in [7, 11) is 0. The van der Waals surface area contributed by atoms with Crippen molar-refractivity contribution in [3.63, 3.8) is 0 Å². The first-order chi connectivity index (χ1) is 11.8. The van der Waals surface area contributed by atoms with Gasteiger partial charge in [-0.1, -0.05) is 32.0 Å². The van der Waals surface area contributed by atoms with Crippen LogP contribution in [0.25, 0.3) is 0 Å². The van der Waals surface area contributed by atoms with E-state index in [9.17, 15) is 9.18 Å². The van der Waals surface area contributed by atoms with E-state index >= 15 is 0 Å². The minimum Gasteiger partial charge on any atom is -0.354 e. The largest absolute Gasteiger partial charge is 0.354 e. The number of piperazine rings is 1. The van der Waals surface area contributed by atoms with Crippen molar-refractivity contribution >= 4 is 5.91 Å². The Kier molecular flexibility index (Phi) is 6.96. The lowest BCUT2D eigenvalue weighted by molar-refractivity contribution is -0.125. The fourth-order valence-corrected chi connectivity index (χ4v) is 3.35. The van der Waals surface area contributed by atoms with Crippen LogP contribution in [-0.4, -0.2) is 60.5 Å². The van der Waals surface area contributed by atoms with Crippen LogP contribution in [0.15, 0.2) is 24.3 Å². The Bertz CT molecular complexity index is 568. The van der Waals surface area contributed by atoms with Crippen LogP contribution in [0.3, 0.4) is 0 Å². The van der Waals surface area contributed by atoms with Gasteiger partial charge in [0.05, 0.1) is 0 Å². The highest BCUT2D eigenvalue weighted by Crippen LogP contribution is 2.17. The molecule has 0 aliphatic carbocycles. The van der Waals surface area contributed by atoms with E-state index in [0.717, 1.165) is 32.7 Å². The van der Waals surface area contributed by atoms with Gasteiger partial charge in [0.2, 0.25) is 5.91 Å². The van der Waals surface area contributed by atoms with Crippen LogP contribution >= 0.6 is 0 Å². The molecule has 0 saturated carbocycles. The van der Waals surface area contributed by atoms with E-state index in [1.54, 1.807) is 12.1 Å². The normalized spacial score (nSPS) is 18.1. The molecule has 0 aromatic heterocycles. The summed E-state index contributed by atoms with van der Waals surface area (Å²) < 4.78 is 13.7. The van der Waals surface area contributed by atoms with Crippen molar-refractivity contribution in [2.24, 2.45) is 5.92 Å². The Morgan fingerprint density at radius 3 is 2.48 bits per heavy atom. The van der Waals surface area contributed by atoms with E-state index < -0.39 is 0 Å². The summed E-state index contributed by atoms with van der Waals surface area (Å²) >= 11 is 0. The molecule has 140 valence electrons. The lowest BCUT2D eigenvalue weighted by Gasteiger charge is -2.44. The van der Waals surface area contributed by atoms with Gasteiger partial charge < -0.3 is 10.2 Å². The van der Waals surface area contributed by atoms with E-state index in [0.29, 0.717) is 18.5 Å². The predicted molar refractivity (Wildman–Crippen MR) is 100 cm³/mol. The molecular weight excluding hydrogens is 317 g/mol. The van der Waals surface area contributed by atoms with Crippen LogP contribution < -0.4 is 5.32 Å². The SMILES string of the molecule is CCN1CCN(C(C)(C)CNC(=O)C(C)Cc2ccccc2F)CC1. The Morgan fingerprint density at radius 1 is 1.24 bits per heavy atom. The Labute approximate surface area is 151 Å². The minimum absolute atomic E-state index is 0.0106. The summed E-state index contributed by atoms with van der Waals surface area (Å²) in [5.41, 5.74) is 0.521. The summed E-state index contributed by atoms with van der Waals surface area (Å²) in [5, 5.41) is 3.07. The molecule has 1 N–H and O–H groups in total. The molecule has 2 rings (SSSR count). The molecule has 4 nitrogen and oxygen atoms in total. The van der Waals surface area contributed by atoms with Crippen LogP contribution in [0.1, 0.15) is 33.3 Å². The molecule has 0 bridgehead atoms. The molecule has 25 heavy (non-hydrogen) atoms. The minimum atomic E-state index is -0.246. The summed E-state index contributed by atoms with van der Waals surface area (Å²) in [6, 6.07) is 6.67. The topological polar surface area (TPSA) is 35.6 Å². The van der Waals surface area contributed by atoms with Gasteiger partial charge in [0.25, 0.3) is 0 Å². The molecule has 1 aliphatic heterocycles. The second kappa shape index (κ2) is 8.77. The number of hydrogen-bond acceptors (Lipinski definition) is 3. The average molecular weight is 349 g/mol. The predicted octanol–water partition coefficient (Wildman–Crippen LogP) is 2.54. The van der Waals surface area contributed by atoms with Crippen molar-refractivity contribution in [1.29, 1.82) is 0 Å². The van der Waals surface area contributed by atoms with E-state index in [2.05, 4.69) is 35.9 Å². The maximum atomic E-state index is 13.7. The zero-order valence-electron chi connectivity index (χ0n) is 16.0. The first kappa shape index (κ1) is 19.9. The molecule has 0 spiro atoms. The number of rotatable bonds is 7. The molecule has 1 atom stereocenters. The van der Waals surface area contributed by atoms with Crippen molar-refractivity contribution in [3.05, 3.63) is 35.6 Å². The number of amides is 1. The van der Waals surface area contributed by atoms with Crippen LogP contribution in [0, 0.1) is 11.7 Å². The third kappa shape index (κ3) is 5.51. The van der Waals surface area contributed by atoms with E-state index in [1.165, 1.54) is 6.07 Å². The van der Waals surface area contributed by atoms with Crippen LogP contribution in [0.2, 0.25) is 0 Å². The number of likely N-dealkylation sites (N-methyl/N-ethyl adjacent to an activating group) is 1. The van der Waals surface area contributed by atoms with Gasteiger partial charge in [0, 0.05) is 44.2 Å². The molecule has 1 unspecified atom stereocenters. The molecule has 1 amide bonds. The number of carbonyl (C=O) groups is 1. The van der Waals surface area contributed by atoms with E-state index in [-0.39, 0.29) is 23.2 Å². The highest BCUT2D eigenvalue weighted by Gasteiger charge is 2.30. The number of benzene rings is 1. The monoisotopic (exact) mass is 349 g/mol. The maximum Gasteiger partial charge on any atom is 0.223 e. The standard InChI is InChI=1S/C20H32FN3O/c1-5-23-10-12-24(13-11-23)20(3,4)15-22-19(25)16(2)14-17-8-6-7-9-18(17)21/h6-9,16H,5,10-15H2,1-4H3,(H,22,25). The van der Waals surface area contributed by atoms with Gasteiger partial charge in [0.1, 0.15) is 5.82 Å². The molecule has 1 saturated heterocycles. The van der Waals surface area contributed by atoms with Gasteiger partial charge in [-0.05, 0) is 38.4 Å². The number of nitrogens with zero attached hydrogens (tertiary/aromatic N) is 2. The second-order valence-corrected chi connectivity index (χ2v) is 7.65. The quantitative estimate of drug-likeness (QED) is 0.822. The second-order valence-electron chi connectivity index (χ2n) is 7.65. The third-order valence-corrected chi connectivity index (χ3v) is 5.30. The van der Waals surface area contributed by atoms with Gasteiger partial charge in [-0.15, -0.1) is 0 Å². The first-order valence-corrected chi connectivity index (χ1v) is 9.32. The summed E-state index contributed by atoms with van der Waals surface area (Å²) in [6.07, 6.45) is 0.425. The third-order valence-electron chi connectivity index (χ3n) is 5.30. The molecule has 1 aromatic carbocycles. The Hall–Kier alpha value is -1.46. The number of halogens is 1. The summed E-state index contributed by atoms with van der Waals surface area (Å²) in [5.74, 6) is -0.496. The fraction of sp³-hybridized carbons (Fsp3) is 0.650.